The third-order valence-corrected chi connectivity index (χ3v) is 18.7. The lowest BCUT2D eigenvalue weighted by Gasteiger charge is -2.45. The average Bonchev–Trinajstić information content (AvgIpc) is 2.50. The van der Waals surface area contributed by atoms with Gasteiger partial charge in [-0.1, -0.05) is 67.9 Å². The SMILES string of the molecule is C=C(C)C(=O)O[Si](O[Si](C)(C)O[SiH](C)C(C)(C)C)(C(C)CC)C(C)CC. The van der Waals surface area contributed by atoms with Crippen LogP contribution in [0.3, 0.4) is 0 Å². The summed E-state index contributed by atoms with van der Waals surface area (Å²) in [6.45, 7) is 27.1. The Morgan fingerprint density at radius 1 is 1.12 bits per heavy atom. The first-order valence-corrected chi connectivity index (χ1v) is 16.9. The van der Waals surface area contributed by atoms with Crippen LogP contribution in [0, 0.1) is 0 Å². The van der Waals surface area contributed by atoms with Gasteiger partial charge in [-0.25, -0.2) is 4.79 Å². The van der Waals surface area contributed by atoms with Gasteiger partial charge in [0.25, 0.3) is 0 Å². The lowest BCUT2D eigenvalue weighted by atomic mass is 10.3. The average molecular weight is 419 g/mol. The lowest BCUT2D eigenvalue weighted by molar-refractivity contribution is -0.132. The molecule has 0 heterocycles. The van der Waals surface area contributed by atoms with E-state index in [1.807, 2.05) is 0 Å². The van der Waals surface area contributed by atoms with Crippen LogP contribution in [0.2, 0.25) is 35.8 Å². The minimum absolute atomic E-state index is 0.166. The van der Waals surface area contributed by atoms with Crippen molar-refractivity contribution in [3.63, 3.8) is 0 Å². The molecule has 0 amide bonds. The number of hydrogen-bond donors (Lipinski definition) is 0. The molecule has 0 aromatic rings. The number of rotatable bonds is 10. The Labute approximate surface area is 165 Å². The Morgan fingerprint density at radius 3 is 1.85 bits per heavy atom. The summed E-state index contributed by atoms with van der Waals surface area (Å²) >= 11 is 0. The highest BCUT2D eigenvalue weighted by Crippen LogP contribution is 2.42. The van der Waals surface area contributed by atoms with Gasteiger partial charge < -0.3 is 12.7 Å². The van der Waals surface area contributed by atoms with Gasteiger partial charge in [0.15, 0.2) is 9.04 Å². The highest BCUT2D eigenvalue weighted by atomic mass is 28.5. The summed E-state index contributed by atoms with van der Waals surface area (Å²) in [7, 11) is -6.74. The van der Waals surface area contributed by atoms with Crippen LogP contribution in [-0.4, -0.2) is 32.1 Å². The third-order valence-electron chi connectivity index (χ3n) is 5.28. The predicted molar refractivity (Wildman–Crippen MR) is 118 cm³/mol. The van der Waals surface area contributed by atoms with Gasteiger partial charge in [-0.15, -0.1) is 0 Å². The maximum Gasteiger partial charge on any atom is 0.398 e. The van der Waals surface area contributed by atoms with Crippen LogP contribution >= 0.6 is 0 Å². The second-order valence-corrected chi connectivity index (χ2v) is 20.3. The Balaban J connectivity index is 5.89. The van der Waals surface area contributed by atoms with Crippen molar-refractivity contribution in [2.24, 2.45) is 0 Å². The molecule has 0 N–H and O–H groups in total. The van der Waals surface area contributed by atoms with Crippen molar-refractivity contribution in [2.75, 3.05) is 0 Å². The molecule has 0 aromatic carbocycles. The van der Waals surface area contributed by atoms with E-state index in [0.717, 1.165) is 12.8 Å². The van der Waals surface area contributed by atoms with Gasteiger partial charge in [-0.2, -0.15) is 0 Å². The number of carbonyl (C=O) groups is 1. The van der Waals surface area contributed by atoms with E-state index in [1.54, 1.807) is 6.92 Å². The van der Waals surface area contributed by atoms with Crippen molar-refractivity contribution in [1.29, 1.82) is 0 Å². The van der Waals surface area contributed by atoms with E-state index in [4.69, 9.17) is 12.7 Å². The van der Waals surface area contributed by atoms with E-state index >= 15 is 0 Å². The monoisotopic (exact) mass is 418 g/mol. The molecule has 0 aliphatic rings. The molecular weight excluding hydrogens is 376 g/mol. The molecular formula is C19H42O4Si3. The van der Waals surface area contributed by atoms with Crippen molar-refractivity contribution in [3.8, 4) is 0 Å². The van der Waals surface area contributed by atoms with Crippen LogP contribution in [0.25, 0.3) is 0 Å². The van der Waals surface area contributed by atoms with Crippen LogP contribution in [0.15, 0.2) is 12.2 Å². The van der Waals surface area contributed by atoms with Crippen LogP contribution in [0.4, 0.5) is 0 Å². The summed E-state index contributed by atoms with van der Waals surface area (Å²) in [5, 5.41) is 0.166. The van der Waals surface area contributed by atoms with Gasteiger partial charge in [-0.05, 0) is 31.6 Å². The molecule has 0 saturated heterocycles. The molecule has 0 aliphatic heterocycles. The summed E-state index contributed by atoms with van der Waals surface area (Å²) in [6, 6.07) is 0. The molecule has 0 saturated carbocycles. The van der Waals surface area contributed by atoms with Crippen molar-refractivity contribution in [1.82, 2.24) is 0 Å². The summed E-state index contributed by atoms with van der Waals surface area (Å²) in [4.78, 5) is 12.5. The molecule has 3 atom stereocenters. The molecule has 0 radical (unpaired) electrons. The molecule has 3 unspecified atom stereocenters. The molecule has 7 heteroatoms. The number of carbonyl (C=O) groups excluding carboxylic acids is 1. The Bertz CT molecular complexity index is 476. The first-order chi connectivity index (χ1) is 11.6. The zero-order valence-corrected chi connectivity index (χ0v) is 22.1. The van der Waals surface area contributed by atoms with Crippen LogP contribution in [-0.2, 0) is 17.5 Å². The summed E-state index contributed by atoms with van der Waals surface area (Å²) < 4.78 is 19.5. The number of hydrogen-bond acceptors (Lipinski definition) is 4. The third kappa shape index (κ3) is 7.07. The Morgan fingerprint density at radius 2 is 1.54 bits per heavy atom. The standard InChI is InChI=1S/C19H42O4Si3/c1-13-16(5)26(17(6)14-2,21-18(20)15(3)4)23-25(11,12)22-24(10)19(7,8)9/h16-17,24H,3,13-14H2,1-2,4-12H3. The zero-order valence-electron chi connectivity index (χ0n) is 19.0. The van der Waals surface area contributed by atoms with E-state index in [1.165, 1.54) is 0 Å². The van der Waals surface area contributed by atoms with Crippen molar-refractivity contribution in [3.05, 3.63) is 12.2 Å². The Kier molecular flexibility index (Phi) is 9.74. The lowest BCUT2D eigenvalue weighted by Crippen LogP contribution is -2.59. The second-order valence-electron chi connectivity index (χ2n) is 9.14. The topological polar surface area (TPSA) is 44.8 Å². The van der Waals surface area contributed by atoms with Gasteiger partial charge in [-0.3, -0.25) is 0 Å². The molecule has 0 bridgehead atoms. The summed E-state index contributed by atoms with van der Waals surface area (Å²) in [6.07, 6.45) is 1.83. The van der Waals surface area contributed by atoms with Gasteiger partial charge in [0.1, 0.15) is 0 Å². The summed E-state index contributed by atoms with van der Waals surface area (Å²) in [5.74, 6) is -0.330. The van der Waals surface area contributed by atoms with E-state index < -0.39 is 26.2 Å². The maximum atomic E-state index is 12.5. The normalized spacial score (nSPS) is 18.6. The molecule has 0 fully saturated rings. The first kappa shape index (κ1) is 25.8. The van der Waals surface area contributed by atoms with Gasteiger partial charge in [0, 0.05) is 16.7 Å². The van der Waals surface area contributed by atoms with E-state index in [2.05, 4.69) is 74.7 Å². The molecule has 26 heavy (non-hydrogen) atoms. The summed E-state index contributed by atoms with van der Waals surface area (Å²) in [5.41, 5.74) is 0.820. The molecule has 0 spiro atoms. The Hall–Kier alpha value is -0.219. The zero-order chi connectivity index (χ0) is 20.9. The van der Waals surface area contributed by atoms with E-state index in [9.17, 15) is 4.79 Å². The van der Waals surface area contributed by atoms with Crippen LogP contribution < -0.4 is 0 Å². The van der Waals surface area contributed by atoms with Gasteiger partial charge >= 0.3 is 23.1 Å². The molecule has 4 nitrogen and oxygen atoms in total. The predicted octanol–water partition coefficient (Wildman–Crippen LogP) is 6.04. The quantitative estimate of drug-likeness (QED) is 0.320. The molecule has 0 aromatic heterocycles. The van der Waals surface area contributed by atoms with Crippen molar-refractivity contribution >= 4 is 32.1 Å². The minimum atomic E-state index is -2.84. The highest BCUT2D eigenvalue weighted by molar-refractivity contribution is 6.85. The fourth-order valence-electron chi connectivity index (χ4n) is 2.72. The van der Waals surface area contributed by atoms with E-state index in [-0.39, 0.29) is 22.1 Å². The molecule has 154 valence electrons. The van der Waals surface area contributed by atoms with Gasteiger partial charge in [0.05, 0.1) is 0 Å². The van der Waals surface area contributed by atoms with Crippen LogP contribution in [0.5, 0.6) is 0 Å². The second kappa shape index (κ2) is 9.82. The molecule has 0 aliphatic carbocycles. The molecule has 0 rings (SSSR count). The largest absolute Gasteiger partial charge is 0.491 e. The maximum absolute atomic E-state index is 12.5. The smallest absolute Gasteiger partial charge is 0.398 e. The fraction of sp³-hybridized carbons (Fsp3) is 0.842. The van der Waals surface area contributed by atoms with Gasteiger partial charge in [0.2, 0.25) is 0 Å². The fourth-order valence-corrected chi connectivity index (χ4v) is 16.0. The minimum Gasteiger partial charge on any atom is -0.491 e. The highest BCUT2D eigenvalue weighted by Gasteiger charge is 2.54. The first-order valence-electron chi connectivity index (χ1n) is 9.89. The van der Waals surface area contributed by atoms with Crippen molar-refractivity contribution in [2.45, 2.75) is 104 Å². The van der Waals surface area contributed by atoms with Crippen LogP contribution in [0.1, 0.15) is 68.2 Å². The van der Waals surface area contributed by atoms with E-state index in [0.29, 0.717) is 5.57 Å². The van der Waals surface area contributed by atoms with Crippen molar-refractivity contribution < 1.29 is 17.5 Å².